The number of aliphatic imine (C=N–C) groups is 1. The van der Waals surface area contributed by atoms with Crippen LogP contribution in [0, 0.1) is 0 Å². The zero-order valence-corrected chi connectivity index (χ0v) is 19.3. The molecular formula is C26H35N2O2+. The maximum Gasteiger partial charge on any atom is 0.209 e. The lowest BCUT2D eigenvalue weighted by Gasteiger charge is -2.25. The summed E-state index contributed by atoms with van der Waals surface area (Å²) in [4.78, 5) is 4.76. The molecule has 1 heterocycles. The zero-order valence-electron chi connectivity index (χ0n) is 19.3. The fourth-order valence-corrected chi connectivity index (χ4v) is 4.81. The van der Waals surface area contributed by atoms with Crippen molar-refractivity contribution in [3.8, 4) is 11.5 Å². The molecule has 0 aromatic heterocycles. The average molecular weight is 408 g/mol. The number of aryl methyl sites for hydroxylation is 1. The minimum absolute atomic E-state index is 0.0770. The van der Waals surface area contributed by atoms with Crippen LogP contribution < -0.4 is 9.47 Å². The van der Waals surface area contributed by atoms with Crippen molar-refractivity contribution in [2.45, 2.75) is 58.8 Å². The van der Waals surface area contributed by atoms with Gasteiger partial charge in [-0.25, -0.2) is 0 Å². The number of nitrogens with zero attached hydrogens (tertiary/aromatic N) is 2. The highest BCUT2D eigenvalue weighted by molar-refractivity contribution is 6.03. The Labute approximate surface area is 181 Å². The van der Waals surface area contributed by atoms with E-state index in [1.165, 1.54) is 22.5 Å². The lowest BCUT2D eigenvalue weighted by Crippen LogP contribution is -2.34. The number of methoxy groups -OCH3 is 2. The standard InChI is InChI=1S/C26H35N2O2/c1-7-19-11-13-21-23(17-19)28(10-4)25(26(21,8-2)9-3)15-16-27-22-14-12-20(29-5)18-24(22)30-6/h11-14,16-18H,7-10,15H2,1-6H3/q+1. The SMILES string of the molecule is CCc1ccc2c(c1)[N+](CC)=C(CC=Nc1ccc(OC)cc1OC)C2(CC)CC. The van der Waals surface area contributed by atoms with E-state index < -0.39 is 0 Å². The first kappa shape index (κ1) is 22.1. The number of hydrogen-bond acceptors (Lipinski definition) is 3. The van der Waals surface area contributed by atoms with Gasteiger partial charge < -0.3 is 9.47 Å². The summed E-state index contributed by atoms with van der Waals surface area (Å²) in [5, 5.41) is 0. The average Bonchev–Trinajstić information content (AvgIpc) is 3.07. The van der Waals surface area contributed by atoms with Gasteiger partial charge in [-0.1, -0.05) is 32.9 Å². The van der Waals surface area contributed by atoms with Crippen molar-refractivity contribution in [3.63, 3.8) is 0 Å². The van der Waals surface area contributed by atoms with Crippen molar-refractivity contribution >= 4 is 23.3 Å². The number of fused-ring (bicyclic) bond motifs is 1. The minimum atomic E-state index is 0.0770. The van der Waals surface area contributed by atoms with Crippen LogP contribution in [0.5, 0.6) is 11.5 Å². The number of benzene rings is 2. The molecule has 3 rings (SSSR count). The predicted molar refractivity (Wildman–Crippen MR) is 126 cm³/mol. The summed E-state index contributed by atoms with van der Waals surface area (Å²) in [6, 6.07) is 12.8. The summed E-state index contributed by atoms with van der Waals surface area (Å²) >= 11 is 0. The second-order valence-electron chi connectivity index (χ2n) is 7.74. The molecule has 0 fully saturated rings. The van der Waals surface area contributed by atoms with Gasteiger partial charge in [-0.2, -0.15) is 4.58 Å². The maximum absolute atomic E-state index is 5.50. The van der Waals surface area contributed by atoms with E-state index in [9.17, 15) is 0 Å². The quantitative estimate of drug-likeness (QED) is 0.364. The van der Waals surface area contributed by atoms with Crippen LogP contribution in [-0.4, -0.2) is 37.3 Å². The summed E-state index contributed by atoms with van der Waals surface area (Å²) in [6.45, 7) is 10.1. The third kappa shape index (κ3) is 3.76. The molecule has 4 nitrogen and oxygen atoms in total. The zero-order chi connectivity index (χ0) is 21.7. The molecule has 0 atom stereocenters. The van der Waals surface area contributed by atoms with Gasteiger partial charge in [0.05, 0.1) is 26.1 Å². The Hall–Kier alpha value is -2.62. The Kier molecular flexibility index (Phi) is 6.96. The highest BCUT2D eigenvalue weighted by Crippen LogP contribution is 2.45. The van der Waals surface area contributed by atoms with E-state index in [1.807, 2.05) is 24.4 Å². The van der Waals surface area contributed by atoms with Crippen LogP contribution in [0.25, 0.3) is 0 Å². The molecule has 4 heteroatoms. The van der Waals surface area contributed by atoms with E-state index in [0.29, 0.717) is 0 Å². The third-order valence-electron chi connectivity index (χ3n) is 6.58. The molecule has 30 heavy (non-hydrogen) atoms. The minimum Gasteiger partial charge on any atom is -0.497 e. The lowest BCUT2D eigenvalue weighted by atomic mass is 9.72. The molecule has 160 valence electrons. The summed E-state index contributed by atoms with van der Waals surface area (Å²) in [5.74, 6) is 1.49. The molecule has 2 aromatic rings. The van der Waals surface area contributed by atoms with Gasteiger partial charge in [-0.05, 0) is 43.9 Å². The van der Waals surface area contributed by atoms with Gasteiger partial charge >= 0.3 is 0 Å². The largest absolute Gasteiger partial charge is 0.497 e. The third-order valence-corrected chi connectivity index (χ3v) is 6.58. The van der Waals surface area contributed by atoms with Crippen LogP contribution in [0.15, 0.2) is 41.4 Å². The van der Waals surface area contributed by atoms with E-state index in [1.54, 1.807) is 14.2 Å². The van der Waals surface area contributed by atoms with Gasteiger partial charge in [0.15, 0.2) is 5.71 Å². The molecule has 1 aliphatic rings. The molecule has 0 saturated heterocycles. The second kappa shape index (κ2) is 9.46. The van der Waals surface area contributed by atoms with Crippen LogP contribution in [0.2, 0.25) is 0 Å². The number of ether oxygens (including phenoxy) is 2. The monoisotopic (exact) mass is 407 g/mol. The highest BCUT2D eigenvalue weighted by atomic mass is 16.5. The highest BCUT2D eigenvalue weighted by Gasteiger charge is 2.48. The molecule has 0 bridgehead atoms. The normalized spacial score (nSPS) is 15.0. The van der Waals surface area contributed by atoms with Gasteiger partial charge in [-0.3, -0.25) is 4.99 Å². The van der Waals surface area contributed by atoms with Crippen LogP contribution in [-0.2, 0) is 11.8 Å². The van der Waals surface area contributed by atoms with Crippen molar-refractivity contribution in [1.29, 1.82) is 0 Å². The fourth-order valence-electron chi connectivity index (χ4n) is 4.81. The van der Waals surface area contributed by atoms with E-state index >= 15 is 0 Å². The second-order valence-corrected chi connectivity index (χ2v) is 7.74. The van der Waals surface area contributed by atoms with Gasteiger partial charge in [0.1, 0.15) is 23.7 Å². The van der Waals surface area contributed by atoms with Crippen molar-refractivity contribution in [1.82, 2.24) is 0 Å². The van der Waals surface area contributed by atoms with Gasteiger partial charge in [-0.15, -0.1) is 0 Å². The summed E-state index contributed by atoms with van der Waals surface area (Å²) in [6.07, 6.45) is 6.10. The molecule has 0 N–H and O–H groups in total. The Morgan fingerprint density at radius 2 is 1.73 bits per heavy atom. The molecule has 2 aromatic carbocycles. The first-order chi connectivity index (χ1) is 14.6. The van der Waals surface area contributed by atoms with E-state index in [0.717, 1.165) is 49.4 Å². The van der Waals surface area contributed by atoms with Gasteiger partial charge in [0.25, 0.3) is 0 Å². The van der Waals surface area contributed by atoms with Crippen molar-refractivity contribution < 1.29 is 14.0 Å². The van der Waals surface area contributed by atoms with Crippen molar-refractivity contribution in [2.24, 2.45) is 4.99 Å². The Morgan fingerprint density at radius 3 is 2.33 bits per heavy atom. The first-order valence-corrected chi connectivity index (χ1v) is 11.1. The van der Waals surface area contributed by atoms with E-state index in [2.05, 4.69) is 50.5 Å². The smallest absolute Gasteiger partial charge is 0.209 e. The summed E-state index contributed by atoms with van der Waals surface area (Å²) in [5.41, 5.74) is 6.60. The summed E-state index contributed by atoms with van der Waals surface area (Å²) < 4.78 is 13.3. The maximum atomic E-state index is 5.50. The number of hydrogen-bond donors (Lipinski definition) is 0. The topological polar surface area (TPSA) is 33.8 Å². The van der Waals surface area contributed by atoms with Crippen molar-refractivity contribution in [2.75, 3.05) is 20.8 Å². The van der Waals surface area contributed by atoms with E-state index in [4.69, 9.17) is 14.5 Å². The molecule has 0 aliphatic carbocycles. The molecule has 0 amide bonds. The number of rotatable bonds is 9. The van der Waals surface area contributed by atoms with Crippen LogP contribution in [0.3, 0.4) is 0 Å². The van der Waals surface area contributed by atoms with Gasteiger partial charge in [0.2, 0.25) is 5.69 Å². The van der Waals surface area contributed by atoms with Crippen LogP contribution >= 0.6 is 0 Å². The molecule has 0 unspecified atom stereocenters. The molecule has 0 spiro atoms. The van der Waals surface area contributed by atoms with Crippen LogP contribution in [0.4, 0.5) is 11.4 Å². The Bertz CT molecular complexity index is 956. The molecule has 0 radical (unpaired) electrons. The van der Waals surface area contributed by atoms with Gasteiger partial charge in [0, 0.05) is 23.9 Å². The Morgan fingerprint density at radius 1 is 0.967 bits per heavy atom. The first-order valence-electron chi connectivity index (χ1n) is 11.1. The molecular weight excluding hydrogens is 372 g/mol. The Balaban J connectivity index is 2.00. The lowest BCUT2D eigenvalue weighted by molar-refractivity contribution is -0.435. The van der Waals surface area contributed by atoms with Crippen molar-refractivity contribution in [3.05, 3.63) is 47.5 Å². The predicted octanol–water partition coefficient (Wildman–Crippen LogP) is 6.24. The molecule has 0 saturated carbocycles. The van der Waals surface area contributed by atoms with E-state index in [-0.39, 0.29) is 5.41 Å². The molecule has 1 aliphatic heterocycles. The fraction of sp³-hybridized carbons (Fsp3) is 0.462. The van der Waals surface area contributed by atoms with Crippen LogP contribution in [0.1, 0.15) is 58.1 Å². The summed E-state index contributed by atoms with van der Waals surface area (Å²) in [7, 11) is 3.32.